The summed E-state index contributed by atoms with van der Waals surface area (Å²) in [6.45, 7) is 1.31. The predicted molar refractivity (Wildman–Crippen MR) is 64.5 cm³/mol. The van der Waals surface area contributed by atoms with Crippen LogP contribution in [0.25, 0.3) is 0 Å². The lowest BCUT2D eigenvalue weighted by Gasteiger charge is -2.11. The molecule has 0 heterocycles. The van der Waals surface area contributed by atoms with Crippen molar-refractivity contribution >= 4 is 11.9 Å². The van der Waals surface area contributed by atoms with Crippen molar-refractivity contribution in [3.63, 3.8) is 0 Å². The van der Waals surface area contributed by atoms with Crippen LogP contribution in [0.5, 0.6) is 0 Å². The zero-order chi connectivity index (χ0) is 13.5. The van der Waals surface area contributed by atoms with Crippen LogP contribution >= 0.6 is 0 Å². The molecule has 0 aliphatic heterocycles. The van der Waals surface area contributed by atoms with E-state index in [9.17, 15) is 14.0 Å². The standard InChI is InChI=1S/C13H16FNO3/c1-9(13(18)15-8-12(16)17)6-7-10-4-2-3-5-11(10)14/h2-5,9H,6-8H2,1H3,(H,15,18)(H,16,17)/t9-/m0/s1. The summed E-state index contributed by atoms with van der Waals surface area (Å²) in [5.74, 6) is -2.03. The highest BCUT2D eigenvalue weighted by Gasteiger charge is 2.14. The van der Waals surface area contributed by atoms with E-state index >= 15 is 0 Å². The van der Waals surface area contributed by atoms with Gasteiger partial charge in [-0.3, -0.25) is 9.59 Å². The molecule has 0 fully saturated rings. The highest BCUT2D eigenvalue weighted by Crippen LogP contribution is 2.12. The molecule has 1 aromatic rings. The Balaban J connectivity index is 2.41. The number of rotatable bonds is 6. The second-order valence-corrected chi connectivity index (χ2v) is 4.14. The molecule has 0 spiro atoms. The quantitative estimate of drug-likeness (QED) is 0.809. The third-order valence-corrected chi connectivity index (χ3v) is 2.67. The third kappa shape index (κ3) is 4.53. The van der Waals surface area contributed by atoms with E-state index in [1.807, 2.05) is 0 Å². The lowest BCUT2D eigenvalue weighted by atomic mass is 10.00. The van der Waals surface area contributed by atoms with Gasteiger partial charge in [-0.2, -0.15) is 0 Å². The van der Waals surface area contributed by atoms with E-state index in [0.29, 0.717) is 18.4 Å². The summed E-state index contributed by atoms with van der Waals surface area (Å²) in [6, 6.07) is 6.41. The summed E-state index contributed by atoms with van der Waals surface area (Å²) in [5, 5.41) is 10.7. The van der Waals surface area contributed by atoms with Gasteiger partial charge < -0.3 is 10.4 Å². The second kappa shape index (κ2) is 6.74. The lowest BCUT2D eigenvalue weighted by Crippen LogP contribution is -2.33. The van der Waals surface area contributed by atoms with Crippen molar-refractivity contribution in [3.05, 3.63) is 35.6 Å². The number of benzene rings is 1. The van der Waals surface area contributed by atoms with Gasteiger partial charge in [0.05, 0.1) is 0 Å². The SMILES string of the molecule is C[C@@H](CCc1ccccc1F)C(=O)NCC(=O)O. The summed E-state index contributed by atoms with van der Waals surface area (Å²) in [5.41, 5.74) is 0.565. The van der Waals surface area contributed by atoms with Crippen LogP contribution in [-0.4, -0.2) is 23.5 Å². The number of carboxylic acid groups (broad SMARTS) is 1. The van der Waals surface area contributed by atoms with E-state index in [4.69, 9.17) is 5.11 Å². The number of halogens is 1. The molecule has 2 N–H and O–H groups in total. The molecule has 0 unspecified atom stereocenters. The Kier molecular flexibility index (Phi) is 5.30. The van der Waals surface area contributed by atoms with Crippen LogP contribution < -0.4 is 5.32 Å². The number of aryl methyl sites for hydroxylation is 1. The van der Waals surface area contributed by atoms with Crippen LogP contribution in [0.15, 0.2) is 24.3 Å². The van der Waals surface area contributed by atoms with Crippen LogP contribution in [0.4, 0.5) is 4.39 Å². The molecule has 5 heteroatoms. The third-order valence-electron chi connectivity index (χ3n) is 2.67. The molecule has 0 bridgehead atoms. The smallest absolute Gasteiger partial charge is 0.322 e. The van der Waals surface area contributed by atoms with Crippen molar-refractivity contribution in [3.8, 4) is 0 Å². The van der Waals surface area contributed by atoms with Crippen molar-refractivity contribution in [1.82, 2.24) is 5.32 Å². The first-order valence-corrected chi connectivity index (χ1v) is 5.73. The first-order chi connectivity index (χ1) is 8.50. The van der Waals surface area contributed by atoms with E-state index in [-0.39, 0.29) is 24.2 Å². The predicted octanol–water partition coefficient (Wildman–Crippen LogP) is 1.60. The van der Waals surface area contributed by atoms with Gasteiger partial charge in [-0.1, -0.05) is 25.1 Å². The van der Waals surface area contributed by atoms with E-state index < -0.39 is 5.97 Å². The summed E-state index contributed by atoms with van der Waals surface area (Å²) in [6.07, 6.45) is 0.931. The fourth-order valence-corrected chi connectivity index (χ4v) is 1.54. The van der Waals surface area contributed by atoms with E-state index in [1.54, 1.807) is 25.1 Å². The highest BCUT2D eigenvalue weighted by molar-refractivity contribution is 5.82. The molecular formula is C13H16FNO3. The Morgan fingerprint density at radius 1 is 1.39 bits per heavy atom. The monoisotopic (exact) mass is 253 g/mol. The Morgan fingerprint density at radius 3 is 2.67 bits per heavy atom. The summed E-state index contributed by atoms with van der Waals surface area (Å²) < 4.78 is 13.3. The maximum Gasteiger partial charge on any atom is 0.322 e. The van der Waals surface area contributed by atoms with Crippen molar-refractivity contribution in [2.75, 3.05) is 6.54 Å². The molecule has 0 aromatic heterocycles. The Labute approximate surface area is 105 Å². The molecule has 0 aliphatic rings. The first-order valence-electron chi connectivity index (χ1n) is 5.73. The lowest BCUT2D eigenvalue weighted by molar-refractivity contribution is -0.138. The zero-order valence-corrected chi connectivity index (χ0v) is 10.1. The number of carbonyl (C=O) groups is 2. The number of aliphatic carboxylic acids is 1. The van der Waals surface area contributed by atoms with Crippen molar-refractivity contribution in [2.45, 2.75) is 19.8 Å². The van der Waals surface area contributed by atoms with Crippen molar-refractivity contribution < 1.29 is 19.1 Å². The van der Waals surface area contributed by atoms with Gasteiger partial charge in [0.2, 0.25) is 5.91 Å². The van der Waals surface area contributed by atoms with Gasteiger partial charge in [0.1, 0.15) is 12.4 Å². The largest absolute Gasteiger partial charge is 0.480 e. The number of hydrogen-bond acceptors (Lipinski definition) is 2. The molecule has 1 amide bonds. The highest BCUT2D eigenvalue weighted by atomic mass is 19.1. The second-order valence-electron chi connectivity index (χ2n) is 4.14. The number of carboxylic acids is 1. The molecule has 0 saturated carbocycles. The summed E-state index contributed by atoms with van der Waals surface area (Å²) >= 11 is 0. The van der Waals surface area contributed by atoms with Gasteiger partial charge in [-0.15, -0.1) is 0 Å². The molecule has 0 aliphatic carbocycles. The van der Waals surface area contributed by atoms with Crippen LogP contribution in [0.2, 0.25) is 0 Å². The molecule has 0 saturated heterocycles. The molecule has 4 nitrogen and oxygen atoms in total. The number of nitrogens with one attached hydrogen (secondary N) is 1. The van der Waals surface area contributed by atoms with Crippen LogP contribution in [0.1, 0.15) is 18.9 Å². The van der Waals surface area contributed by atoms with E-state index in [0.717, 1.165) is 0 Å². The van der Waals surface area contributed by atoms with Gasteiger partial charge in [0, 0.05) is 5.92 Å². The first kappa shape index (κ1) is 14.2. The fraction of sp³-hybridized carbons (Fsp3) is 0.385. The Hall–Kier alpha value is -1.91. The Bertz CT molecular complexity index is 434. The van der Waals surface area contributed by atoms with Crippen LogP contribution in [0, 0.1) is 11.7 Å². The van der Waals surface area contributed by atoms with Crippen molar-refractivity contribution in [2.24, 2.45) is 5.92 Å². The molecular weight excluding hydrogens is 237 g/mol. The van der Waals surface area contributed by atoms with Crippen LogP contribution in [-0.2, 0) is 16.0 Å². The van der Waals surface area contributed by atoms with Gasteiger partial charge in [-0.05, 0) is 24.5 Å². The maximum absolute atomic E-state index is 13.3. The molecule has 1 rings (SSSR count). The fourth-order valence-electron chi connectivity index (χ4n) is 1.54. The van der Waals surface area contributed by atoms with Gasteiger partial charge in [-0.25, -0.2) is 4.39 Å². The number of hydrogen-bond donors (Lipinski definition) is 2. The normalized spacial score (nSPS) is 11.9. The minimum atomic E-state index is -1.08. The van der Waals surface area contributed by atoms with Gasteiger partial charge in [0.15, 0.2) is 0 Å². The average Bonchev–Trinajstić information content (AvgIpc) is 2.34. The maximum atomic E-state index is 13.3. The van der Waals surface area contributed by atoms with E-state index in [2.05, 4.69) is 5.32 Å². The Morgan fingerprint density at radius 2 is 2.06 bits per heavy atom. The summed E-state index contributed by atoms with van der Waals surface area (Å²) in [4.78, 5) is 21.8. The molecule has 18 heavy (non-hydrogen) atoms. The summed E-state index contributed by atoms with van der Waals surface area (Å²) in [7, 11) is 0. The average molecular weight is 253 g/mol. The zero-order valence-electron chi connectivity index (χ0n) is 10.1. The molecule has 98 valence electrons. The van der Waals surface area contributed by atoms with Gasteiger partial charge in [0.25, 0.3) is 0 Å². The minimum Gasteiger partial charge on any atom is -0.480 e. The van der Waals surface area contributed by atoms with E-state index in [1.165, 1.54) is 6.07 Å². The minimum absolute atomic E-state index is 0.282. The van der Waals surface area contributed by atoms with Crippen molar-refractivity contribution in [1.29, 1.82) is 0 Å². The molecule has 1 aromatic carbocycles. The number of carbonyl (C=O) groups excluding carboxylic acids is 1. The van der Waals surface area contributed by atoms with Crippen LogP contribution in [0.3, 0.4) is 0 Å². The topological polar surface area (TPSA) is 66.4 Å². The number of amides is 1. The molecule has 0 radical (unpaired) electrons. The van der Waals surface area contributed by atoms with Gasteiger partial charge >= 0.3 is 5.97 Å². The molecule has 1 atom stereocenters.